The van der Waals surface area contributed by atoms with Crippen LogP contribution in [0.3, 0.4) is 0 Å². The van der Waals surface area contributed by atoms with Crippen LogP contribution in [0, 0.1) is 18.3 Å². The summed E-state index contributed by atoms with van der Waals surface area (Å²) in [6, 6.07) is 8.97. The molecule has 0 fully saturated rings. The lowest BCUT2D eigenvalue weighted by Gasteiger charge is -2.13. The number of hydrazone groups is 1. The number of aromatic hydroxyl groups is 1. The molecular formula is C19H15BrN4O3. The van der Waals surface area contributed by atoms with Crippen LogP contribution >= 0.6 is 15.9 Å². The van der Waals surface area contributed by atoms with E-state index in [1.165, 1.54) is 18.1 Å². The maximum absolute atomic E-state index is 12.9. The topological polar surface area (TPSA) is 98.7 Å². The molecule has 136 valence electrons. The molecule has 0 aliphatic carbocycles. The third kappa shape index (κ3) is 3.06. The number of carbonyl (C=O) groups excluding carboxylic acids is 1. The van der Waals surface area contributed by atoms with E-state index in [4.69, 9.17) is 0 Å². The first-order valence-electron chi connectivity index (χ1n) is 7.96. The van der Waals surface area contributed by atoms with Crippen LogP contribution in [0.5, 0.6) is 5.88 Å². The van der Waals surface area contributed by atoms with Gasteiger partial charge in [0.1, 0.15) is 11.6 Å². The minimum atomic E-state index is -0.589. The van der Waals surface area contributed by atoms with Crippen molar-refractivity contribution in [1.82, 2.24) is 4.57 Å². The van der Waals surface area contributed by atoms with Gasteiger partial charge in [-0.2, -0.15) is 15.4 Å². The summed E-state index contributed by atoms with van der Waals surface area (Å²) in [6.07, 6.45) is 1.46. The fourth-order valence-corrected chi connectivity index (χ4v) is 3.06. The van der Waals surface area contributed by atoms with Gasteiger partial charge in [-0.3, -0.25) is 14.2 Å². The highest BCUT2D eigenvalue weighted by molar-refractivity contribution is 9.10. The molecule has 1 aromatic heterocycles. The van der Waals surface area contributed by atoms with Crippen molar-refractivity contribution in [3.8, 4) is 11.9 Å². The molecule has 2 aromatic rings. The van der Waals surface area contributed by atoms with E-state index in [0.717, 1.165) is 9.04 Å². The van der Waals surface area contributed by atoms with Gasteiger partial charge in [-0.15, -0.1) is 0 Å². The number of anilines is 1. The quantitative estimate of drug-likeness (QED) is 0.746. The van der Waals surface area contributed by atoms with Crippen LogP contribution in [0.15, 0.2) is 44.2 Å². The van der Waals surface area contributed by atoms with Gasteiger partial charge in [-0.25, -0.2) is 0 Å². The largest absolute Gasteiger partial charge is 0.494 e. The predicted octanol–water partition coefficient (Wildman–Crippen LogP) is 2.84. The molecule has 1 N–H and O–H groups in total. The van der Waals surface area contributed by atoms with E-state index in [1.807, 2.05) is 6.07 Å². The minimum absolute atomic E-state index is 0.0769. The molecule has 0 saturated carbocycles. The number of pyridine rings is 1. The van der Waals surface area contributed by atoms with E-state index in [1.54, 1.807) is 38.1 Å². The molecule has 1 aliphatic heterocycles. The van der Waals surface area contributed by atoms with Gasteiger partial charge in [0.2, 0.25) is 5.88 Å². The van der Waals surface area contributed by atoms with Crippen LogP contribution in [0.2, 0.25) is 0 Å². The Kier molecular flexibility index (Phi) is 4.72. The Morgan fingerprint density at radius 3 is 2.44 bits per heavy atom. The molecule has 8 heteroatoms. The smallest absolute Gasteiger partial charge is 0.280 e. The Bertz CT molecular complexity index is 1120. The van der Waals surface area contributed by atoms with Crippen molar-refractivity contribution in [2.75, 3.05) is 5.01 Å². The van der Waals surface area contributed by atoms with Crippen LogP contribution in [0.25, 0.3) is 6.08 Å². The van der Waals surface area contributed by atoms with Crippen molar-refractivity contribution < 1.29 is 9.90 Å². The number of nitriles is 1. The van der Waals surface area contributed by atoms with Crippen molar-refractivity contribution in [3.63, 3.8) is 0 Å². The molecule has 7 nitrogen and oxygen atoms in total. The molecule has 0 atom stereocenters. The van der Waals surface area contributed by atoms with Crippen molar-refractivity contribution in [2.24, 2.45) is 12.1 Å². The monoisotopic (exact) mass is 426 g/mol. The number of halogens is 1. The highest BCUT2D eigenvalue weighted by Gasteiger charge is 2.29. The van der Waals surface area contributed by atoms with Crippen LogP contribution in [0.4, 0.5) is 5.69 Å². The van der Waals surface area contributed by atoms with Crippen LogP contribution < -0.4 is 10.6 Å². The van der Waals surface area contributed by atoms with E-state index in [-0.39, 0.29) is 28.5 Å². The van der Waals surface area contributed by atoms with E-state index in [9.17, 15) is 20.0 Å². The number of hydrogen-bond donors (Lipinski definition) is 1. The molecule has 0 unspecified atom stereocenters. The van der Waals surface area contributed by atoms with Gasteiger partial charge in [0.25, 0.3) is 11.5 Å². The number of amides is 1. The average molecular weight is 427 g/mol. The fraction of sp³-hybridized carbons (Fsp3) is 0.158. The third-order valence-electron chi connectivity index (χ3n) is 4.39. The zero-order chi connectivity index (χ0) is 19.9. The van der Waals surface area contributed by atoms with Gasteiger partial charge in [0, 0.05) is 17.1 Å². The maximum Gasteiger partial charge on any atom is 0.280 e. The Morgan fingerprint density at radius 2 is 1.85 bits per heavy atom. The third-order valence-corrected chi connectivity index (χ3v) is 4.92. The van der Waals surface area contributed by atoms with Gasteiger partial charge >= 0.3 is 0 Å². The SMILES string of the molecule is CC1=NN(c2ccc(Br)cc2)C(=O)/C1=C/c1c(C)c(C#N)c(=O)n(C)c1O. The molecule has 0 radical (unpaired) electrons. The summed E-state index contributed by atoms with van der Waals surface area (Å²) < 4.78 is 1.86. The van der Waals surface area contributed by atoms with Gasteiger partial charge in [-0.05, 0) is 49.8 Å². The molecule has 27 heavy (non-hydrogen) atoms. The molecule has 2 heterocycles. The van der Waals surface area contributed by atoms with Crippen LogP contribution in [0.1, 0.15) is 23.6 Å². The Balaban J connectivity index is 2.12. The lowest BCUT2D eigenvalue weighted by molar-refractivity contribution is -0.114. The van der Waals surface area contributed by atoms with Crippen molar-refractivity contribution in [1.29, 1.82) is 5.26 Å². The van der Waals surface area contributed by atoms with Crippen molar-refractivity contribution >= 4 is 39.3 Å². The zero-order valence-electron chi connectivity index (χ0n) is 14.8. The molecule has 0 spiro atoms. The summed E-state index contributed by atoms with van der Waals surface area (Å²) in [6.45, 7) is 3.24. The second kappa shape index (κ2) is 6.85. The number of rotatable bonds is 2. The Morgan fingerprint density at radius 1 is 1.22 bits per heavy atom. The van der Waals surface area contributed by atoms with E-state index < -0.39 is 5.56 Å². The van der Waals surface area contributed by atoms with Crippen LogP contribution in [-0.4, -0.2) is 21.3 Å². The van der Waals surface area contributed by atoms with Gasteiger partial charge in [0.05, 0.1) is 17.0 Å². The standard InChI is InChI=1S/C19H15BrN4O3/c1-10-14(17(25)23(3)18(26)16(10)9-21)8-15-11(2)22-24(19(15)27)13-6-4-12(20)5-7-13/h4-8,25H,1-3H3/b15-8+. The van der Waals surface area contributed by atoms with E-state index in [0.29, 0.717) is 17.0 Å². The van der Waals surface area contributed by atoms with Crippen LogP contribution in [-0.2, 0) is 11.8 Å². The summed E-state index contributed by atoms with van der Waals surface area (Å²) in [5.74, 6) is -0.673. The van der Waals surface area contributed by atoms with Gasteiger partial charge < -0.3 is 5.11 Å². The van der Waals surface area contributed by atoms with Gasteiger partial charge in [-0.1, -0.05) is 15.9 Å². The van der Waals surface area contributed by atoms with E-state index >= 15 is 0 Å². The Hall–Kier alpha value is -3.18. The predicted molar refractivity (Wildman–Crippen MR) is 106 cm³/mol. The molecule has 3 rings (SSSR count). The first-order valence-corrected chi connectivity index (χ1v) is 8.75. The second-order valence-electron chi connectivity index (χ2n) is 6.05. The van der Waals surface area contributed by atoms with Crippen molar-refractivity contribution in [2.45, 2.75) is 13.8 Å². The minimum Gasteiger partial charge on any atom is -0.494 e. The number of hydrogen-bond acceptors (Lipinski definition) is 5. The molecule has 0 bridgehead atoms. The van der Waals surface area contributed by atoms with Gasteiger partial charge in [0.15, 0.2) is 0 Å². The molecule has 0 saturated heterocycles. The summed E-state index contributed by atoms with van der Waals surface area (Å²) in [4.78, 5) is 24.9. The highest BCUT2D eigenvalue weighted by Crippen LogP contribution is 2.29. The summed E-state index contributed by atoms with van der Waals surface area (Å²) >= 11 is 3.35. The molecular weight excluding hydrogens is 412 g/mol. The Labute approximate surface area is 163 Å². The fourth-order valence-electron chi connectivity index (χ4n) is 2.80. The van der Waals surface area contributed by atoms with E-state index in [2.05, 4.69) is 21.0 Å². The zero-order valence-corrected chi connectivity index (χ0v) is 16.4. The number of aromatic nitrogens is 1. The lowest BCUT2D eigenvalue weighted by atomic mass is 10.0. The number of benzene rings is 1. The average Bonchev–Trinajstić information content (AvgIpc) is 2.92. The first kappa shape index (κ1) is 18.6. The highest BCUT2D eigenvalue weighted by atomic mass is 79.9. The molecule has 1 amide bonds. The first-order chi connectivity index (χ1) is 12.8. The number of carbonyl (C=O) groups is 1. The summed E-state index contributed by atoms with van der Waals surface area (Å²) in [5.41, 5.74) is 1.23. The summed E-state index contributed by atoms with van der Waals surface area (Å²) in [7, 11) is 1.37. The number of nitrogens with zero attached hydrogens (tertiary/aromatic N) is 4. The lowest BCUT2D eigenvalue weighted by Crippen LogP contribution is -2.23. The molecule has 1 aromatic carbocycles. The second-order valence-corrected chi connectivity index (χ2v) is 6.97. The maximum atomic E-state index is 12.9. The summed E-state index contributed by atoms with van der Waals surface area (Å²) in [5, 5.41) is 25.2. The van der Waals surface area contributed by atoms with Crippen molar-refractivity contribution in [3.05, 3.63) is 61.4 Å². The normalized spacial score (nSPS) is 15.2. The molecule has 1 aliphatic rings.